The predicted molar refractivity (Wildman–Crippen MR) is 28.2 cm³/mol. The van der Waals surface area contributed by atoms with Crippen LogP contribution in [0.2, 0.25) is 0 Å². The van der Waals surface area contributed by atoms with Gasteiger partial charge in [-0.3, -0.25) is 0 Å². The molecule has 0 radical (unpaired) electrons. The fourth-order valence-electron chi connectivity index (χ4n) is 0.180. The molecule has 0 N–H and O–H groups in total. The first-order chi connectivity index (χ1) is 3.41. The Balaban J connectivity index is 3.19. The molecular weight excluding hydrogens is 86.1 g/mol. The fourth-order valence-corrected chi connectivity index (χ4v) is 0.180. The fraction of sp³-hybridized carbons (Fsp3) is 0.167. The van der Waals surface area contributed by atoms with E-state index in [1.54, 1.807) is 6.08 Å². The molecule has 0 saturated heterocycles. The first-order valence-corrected chi connectivity index (χ1v) is 1.90. The molecule has 34 valence electrons. The highest BCUT2D eigenvalue weighted by atomic mass is 14.2. The Morgan fingerprint density at radius 3 is 2.86 bits per heavy atom. The van der Waals surface area contributed by atoms with Crippen LogP contribution in [0, 0.1) is 23.7 Å². The molecule has 1 nitrogen and oxygen atoms in total. The average molecular weight is 91.1 g/mol. The molecule has 0 aliphatic carbocycles. The molecule has 0 aliphatic heterocycles. The van der Waals surface area contributed by atoms with Gasteiger partial charge < -0.3 is 0 Å². The smallest absolute Gasteiger partial charge is 0.0663 e. The van der Waals surface area contributed by atoms with Crippen LogP contribution in [0.4, 0.5) is 0 Å². The van der Waals surface area contributed by atoms with Crippen LogP contribution in [0.15, 0.2) is 12.2 Å². The molecule has 0 unspecified atom stereocenters. The molecule has 0 rings (SSSR count). The molecular formula is C6H5N. The second kappa shape index (κ2) is 4.79. The van der Waals surface area contributed by atoms with Gasteiger partial charge >= 0.3 is 0 Å². The van der Waals surface area contributed by atoms with E-state index >= 15 is 0 Å². The van der Waals surface area contributed by atoms with Crippen molar-refractivity contribution in [2.24, 2.45) is 0 Å². The molecule has 0 aromatic heterocycles. The third kappa shape index (κ3) is 4.79. The van der Waals surface area contributed by atoms with Crippen molar-refractivity contribution < 1.29 is 0 Å². The van der Waals surface area contributed by atoms with Crippen LogP contribution in [-0.2, 0) is 0 Å². The molecule has 0 heterocycles. The summed E-state index contributed by atoms with van der Waals surface area (Å²) in [5.41, 5.74) is 0. The largest absolute Gasteiger partial charge is 0.198 e. The monoisotopic (exact) mass is 91.0 g/mol. The summed E-state index contributed by atoms with van der Waals surface area (Å²) >= 11 is 0. The van der Waals surface area contributed by atoms with Crippen LogP contribution in [0.1, 0.15) is 6.42 Å². The van der Waals surface area contributed by atoms with Crippen LogP contribution in [-0.4, -0.2) is 0 Å². The van der Waals surface area contributed by atoms with Crippen molar-refractivity contribution >= 4 is 0 Å². The van der Waals surface area contributed by atoms with E-state index < -0.39 is 0 Å². The van der Waals surface area contributed by atoms with Crippen molar-refractivity contribution in [2.45, 2.75) is 6.42 Å². The lowest BCUT2D eigenvalue weighted by molar-refractivity contribution is 1.36. The summed E-state index contributed by atoms with van der Waals surface area (Å²) in [4.78, 5) is 0. The summed E-state index contributed by atoms with van der Waals surface area (Å²) in [5.74, 6) is 2.27. The van der Waals surface area contributed by atoms with Crippen LogP contribution in [0.5, 0.6) is 0 Å². The van der Waals surface area contributed by atoms with Gasteiger partial charge in [0.1, 0.15) is 0 Å². The summed E-state index contributed by atoms with van der Waals surface area (Å²) in [5, 5.41) is 7.92. The molecule has 0 aliphatic rings. The summed E-state index contributed by atoms with van der Waals surface area (Å²) in [6.45, 7) is 0. The van der Waals surface area contributed by atoms with Crippen molar-refractivity contribution in [3.8, 4) is 18.4 Å². The van der Waals surface area contributed by atoms with Crippen LogP contribution in [0.3, 0.4) is 0 Å². The number of hydrogen-bond acceptors (Lipinski definition) is 1. The Labute approximate surface area is 43.3 Å². The molecule has 0 spiro atoms. The Morgan fingerprint density at radius 1 is 1.71 bits per heavy atom. The highest BCUT2D eigenvalue weighted by Gasteiger charge is 1.63. The number of nitrogens with zero attached hydrogens (tertiary/aromatic N) is 1. The van der Waals surface area contributed by atoms with E-state index in [0.717, 1.165) is 0 Å². The molecule has 0 atom stereocenters. The normalized spacial score (nSPS) is 7.71. The van der Waals surface area contributed by atoms with Crippen molar-refractivity contribution in [1.82, 2.24) is 0 Å². The Hall–Kier alpha value is -1.21. The van der Waals surface area contributed by atoms with Crippen molar-refractivity contribution in [3.63, 3.8) is 0 Å². The minimum Gasteiger partial charge on any atom is -0.198 e. The van der Waals surface area contributed by atoms with Crippen molar-refractivity contribution in [1.29, 1.82) is 5.26 Å². The maximum absolute atomic E-state index is 7.92. The van der Waals surface area contributed by atoms with E-state index in [2.05, 4.69) is 5.92 Å². The number of hydrogen-bond donors (Lipinski definition) is 0. The van der Waals surface area contributed by atoms with Crippen molar-refractivity contribution in [3.05, 3.63) is 12.2 Å². The second-order valence-corrected chi connectivity index (χ2v) is 0.931. The van der Waals surface area contributed by atoms with E-state index in [1.165, 1.54) is 6.08 Å². The molecule has 0 bridgehead atoms. The summed E-state index contributed by atoms with van der Waals surface area (Å²) < 4.78 is 0. The SMILES string of the molecule is C#C/C=C/CC#N. The quantitative estimate of drug-likeness (QED) is 0.443. The van der Waals surface area contributed by atoms with Crippen LogP contribution < -0.4 is 0 Å². The van der Waals surface area contributed by atoms with E-state index in [9.17, 15) is 0 Å². The highest BCUT2D eigenvalue weighted by Crippen LogP contribution is 1.74. The molecule has 0 aromatic carbocycles. The maximum Gasteiger partial charge on any atom is 0.0663 e. The van der Waals surface area contributed by atoms with Gasteiger partial charge in [-0.25, -0.2) is 0 Å². The molecule has 7 heavy (non-hydrogen) atoms. The number of allylic oxidation sites excluding steroid dienone is 2. The zero-order valence-electron chi connectivity index (χ0n) is 3.89. The van der Waals surface area contributed by atoms with E-state index in [0.29, 0.717) is 6.42 Å². The minimum absolute atomic E-state index is 0.407. The maximum atomic E-state index is 7.92. The first kappa shape index (κ1) is 5.79. The van der Waals surface area contributed by atoms with Gasteiger partial charge in [0.15, 0.2) is 0 Å². The number of nitriles is 1. The molecule has 0 amide bonds. The first-order valence-electron chi connectivity index (χ1n) is 1.90. The Kier molecular flexibility index (Phi) is 3.96. The molecule has 0 saturated carbocycles. The van der Waals surface area contributed by atoms with E-state index in [1.807, 2.05) is 6.07 Å². The van der Waals surface area contributed by atoms with Gasteiger partial charge in [-0.1, -0.05) is 12.0 Å². The van der Waals surface area contributed by atoms with Gasteiger partial charge in [0, 0.05) is 0 Å². The van der Waals surface area contributed by atoms with Crippen LogP contribution in [0.25, 0.3) is 0 Å². The zero-order valence-corrected chi connectivity index (χ0v) is 3.89. The van der Waals surface area contributed by atoms with Gasteiger partial charge in [-0.15, -0.1) is 6.42 Å². The standard InChI is InChI=1S/C6H5N/c1-2-3-4-5-6-7/h1,3-4H,5H2/b4-3+. The van der Waals surface area contributed by atoms with Gasteiger partial charge in [0.05, 0.1) is 12.5 Å². The lowest BCUT2D eigenvalue weighted by Gasteiger charge is -1.63. The highest BCUT2D eigenvalue weighted by molar-refractivity contribution is 5.10. The lowest BCUT2D eigenvalue weighted by Crippen LogP contribution is -1.52. The number of rotatable bonds is 1. The van der Waals surface area contributed by atoms with E-state index in [-0.39, 0.29) is 0 Å². The van der Waals surface area contributed by atoms with E-state index in [4.69, 9.17) is 11.7 Å². The molecule has 1 heteroatoms. The second-order valence-electron chi connectivity index (χ2n) is 0.931. The molecule has 0 fully saturated rings. The topological polar surface area (TPSA) is 23.8 Å². The zero-order chi connectivity index (χ0) is 5.54. The van der Waals surface area contributed by atoms with Crippen LogP contribution >= 0.6 is 0 Å². The third-order valence-corrected chi connectivity index (χ3v) is 0.423. The lowest BCUT2D eigenvalue weighted by atomic mass is 10.4. The van der Waals surface area contributed by atoms with Gasteiger partial charge in [-0.2, -0.15) is 5.26 Å². The summed E-state index contributed by atoms with van der Waals surface area (Å²) in [7, 11) is 0. The average Bonchev–Trinajstić information content (AvgIpc) is 1.69. The predicted octanol–water partition coefficient (Wildman–Crippen LogP) is 1.09. The Bertz CT molecular complexity index is 131. The summed E-state index contributed by atoms with van der Waals surface area (Å²) in [6.07, 6.45) is 8.39. The minimum atomic E-state index is 0.407. The van der Waals surface area contributed by atoms with Crippen molar-refractivity contribution in [2.75, 3.05) is 0 Å². The number of terminal acetylenes is 1. The summed E-state index contributed by atoms with van der Waals surface area (Å²) in [6, 6.07) is 1.92. The Morgan fingerprint density at radius 2 is 2.43 bits per heavy atom. The van der Waals surface area contributed by atoms with Gasteiger partial charge in [0.25, 0.3) is 0 Å². The molecule has 0 aromatic rings. The van der Waals surface area contributed by atoms with Gasteiger partial charge in [-0.05, 0) is 6.08 Å². The van der Waals surface area contributed by atoms with Gasteiger partial charge in [0.2, 0.25) is 0 Å². The third-order valence-electron chi connectivity index (χ3n) is 0.423.